The Labute approximate surface area is 149 Å². The molecule has 2 aliphatic rings. The van der Waals surface area contributed by atoms with Crippen molar-refractivity contribution in [2.45, 2.75) is 44.0 Å². The highest BCUT2D eigenvalue weighted by Crippen LogP contribution is 2.21. The van der Waals surface area contributed by atoms with E-state index in [1.165, 1.54) is 18.6 Å². The lowest BCUT2D eigenvalue weighted by Gasteiger charge is -2.34. The summed E-state index contributed by atoms with van der Waals surface area (Å²) in [6.07, 6.45) is 6.43. The van der Waals surface area contributed by atoms with Gasteiger partial charge in [0.25, 0.3) is 0 Å². The van der Waals surface area contributed by atoms with Crippen molar-refractivity contribution in [2.75, 3.05) is 38.5 Å². The first-order chi connectivity index (χ1) is 11.8. The predicted molar refractivity (Wildman–Crippen MR) is 99.8 cm³/mol. The molecule has 1 N–H and O–H groups in total. The zero-order valence-corrected chi connectivity index (χ0v) is 15.4. The average Bonchev–Trinajstić information content (AvgIpc) is 3.31. The van der Waals surface area contributed by atoms with Crippen LogP contribution in [0.5, 0.6) is 0 Å². The number of hydrogen-bond donors (Lipinski definition) is 1. The maximum absolute atomic E-state index is 5.72. The first-order valence-electron chi connectivity index (χ1n) is 9.14. The smallest absolute Gasteiger partial charge is 0.194 e. The third-order valence-electron chi connectivity index (χ3n) is 4.60. The average molecular weight is 352 g/mol. The Morgan fingerprint density at radius 2 is 2.46 bits per heavy atom. The summed E-state index contributed by atoms with van der Waals surface area (Å²) in [7, 11) is 0. The van der Waals surface area contributed by atoms with Crippen LogP contribution in [0.3, 0.4) is 0 Å². The molecule has 0 radical (unpaired) electrons. The SMILES string of the molecule is CCC1CN(C(=NCC2CCCO2)NCCc2ccco2)CCS1. The summed E-state index contributed by atoms with van der Waals surface area (Å²) in [5.41, 5.74) is 0. The fourth-order valence-electron chi connectivity index (χ4n) is 3.16. The largest absolute Gasteiger partial charge is 0.469 e. The lowest BCUT2D eigenvalue weighted by atomic mass is 10.2. The molecule has 0 amide bonds. The normalized spacial score (nSPS) is 25.2. The molecular formula is C18H29N3O2S. The van der Waals surface area contributed by atoms with Gasteiger partial charge in [-0.1, -0.05) is 6.92 Å². The molecule has 6 heteroatoms. The molecule has 2 unspecified atom stereocenters. The summed E-state index contributed by atoms with van der Waals surface area (Å²) in [6.45, 7) is 6.93. The second-order valence-corrected chi connectivity index (χ2v) is 7.81. The van der Waals surface area contributed by atoms with Gasteiger partial charge in [0.05, 0.1) is 18.9 Å². The van der Waals surface area contributed by atoms with Crippen LogP contribution in [0.1, 0.15) is 31.9 Å². The zero-order chi connectivity index (χ0) is 16.6. The van der Waals surface area contributed by atoms with Crippen LogP contribution < -0.4 is 5.32 Å². The Hall–Kier alpha value is -1.14. The van der Waals surface area contributed by atoms with E-state index in [1.807, 2.05) is 12.1 Å². The molecule has 3 heterocycles. The number of aliphatic imine (C=N–C) groups is 1. The molecule has 0 bridgehead atoms. The summed E-state index contributed by atoms with van der Waals surface area (Å²) in [5, 5.41) is 4.25. The monoisotopic (exact) mass is 351 g/mol. The minimum atomic E-state index is 0.299. The van der Waals surface area contributed by atoms with Gasteiger partial charge in [0.1, 0.15) is 5.76 Å². The third kappa shape index (κ3) is 5.18. The third-order valence-corrected chi connectivity index (χ3v) is 5.97. The van der Waals surface area contributed by atoms with Crippen LogP contribution in [0.25, 0.3) is 0 Å². The van der Waals surface area contributed by atoms with E-state index in [1.54, 1.807) is 6.26 Å². The first-order valence-corrected chi connectivity index (χ1v) is 10.2. The van der Waals surface area contributed by atoms with E-state index in [-0.39, 0.29) is 0 Å². The molecule has 0 spiro atoms. The number of nitrogens with one attached hydrogen (secondary N) is 1. The number of thioether (sulfide) groups is 1. The predicted octanol–water partition coefficient (Wildman–Crippen LogP) is 2.77. The number of ether oxygens (including phenoxy) is 1. The minimum Gasteiger partial charge on any atom is -0.469 e. The fraction of sp³-hybridized carbons (Fsp3) is 0.722. The molecule has 2 saturated heterocycles. The van der Waals surface area contributed by atoms with Gasteiger partial charge >= 0.3 is 0 Å². The highest BCUT2D eigenvalue weighted by molar-refractivity contribution is 8.00. The lowest BCUT2D eigenvalue weighted by molar-refractivity contribution is 0.117. The van der Waals surface area contributed by atoms with Gasteiger partial charge in [-0.3, -0.25) is 4.99 Å². The van der Waals surface area contributed by atoms with Gasteiger partial charge in [-0.2, -0.15) is 11.8 Å². The second-order valence-electron chi connectivity index (χ2n) is 6.40. The molecule has 24 heavy (non-hydrogen) atoms. The van der Waals surface area contributed by atoms with Gasteiger partial charge in [0, 0.05) is 43.7 Å². The molecule has 0 saturated carbocycles. The Morgan fingerprint density at radius 1 is 1.50 bits per heavy atom. The minimum absolute atomic E-state index is 0.299. The van der Waals surface area contributed by atoms with Crippen molar-refractivity contribution < 1.29 is 9.15 Å². The van der Waals surface area contributed by atoms with E-state index in [9.17, 15) is 0 Å². The zero-order valence-electron chi connectivity index (χ0n) is 14.6. The van der Waals surface area contributed by atoms with Gasteiger partial charge in [-0.05, 0) is 31.4 Å². The van der Waals surface area contributed by atoms with Crippen molar-refractivity contribution in [1.29, 1.82) is 0 Å². The molecular weight excluding hydrogens is 322 g/mol. The maximum atomic E-state index is 5.72. The van der Waals surface area contributed by atoms with E-state index >= 15 is 0 Å². The fourth-order valence-corrected chi connectivity index (χ4v) is 4.34. The highest BCUT2D eigenvalue weighted by atomic mass is 32.2. The van der Waals surface area contributed by atoms with E-state index in [4.69, 9.17) is 14.1 Å². The molecule has 5 nitrogen and oxygen atoms in total. The number of guanidine groups is 1. The van der Waals surface area contributed by atoms with E-state index in [0.717, 1.165) is 57.3 Å². The van der Waals surface area contributed by atoms with Crippen LogP contribution in [0.4, 0.5) is 0 Å². The van der Waals surface area contributed by atoms with Gasteiger partial charge < -0.3 is 19.4 Å². The van der Waals surface area contributed by atoms with Crippen molar-refractivity contribution in [3.63, 3.8) is 0 Å². The van der Waals surface area contributed by atoms with Crippen LogP contribution in [0, 0.1) is 0 Å². The van der Waals surface area contributed by atoms with E-state index < -0.39 is 0 Å². The molecule has 3 rings (SSSR count). The summed E-state index contributed by atoms with van der Waals surface area (Å²) in [6, 6.07) is 3.96. The molecule has 1 aromatic rings. The van der Waals surface area contributed by atoms with Crippen LogP contribution in [0.2, 0.25) is 0 Å². The van der Waals surface area contributed by atoms with Crippen molar-refractivity contribution in [3.05, 3.63) is 24.2 Å². The van der Waals surface area contributed by atoms with Gasteiger partial charge in [-0.25, -0.2) is 0 Å². The van der Waals surface area contributed by atoms with Gasteiger partial charge in [-0.15, -0.1) is 0 Å². The van der Waals surface area contributed by atoms with Crippen LogP contribution in [-0.2, 0) is 11.2 Å². The topological polar surface area (TPSA) is 50.0 Å². The van der Waals surface area contributed by atoms with Crippen LogP contribution >= 0.6 is 11.8 Å². The van der Waals surface area contributed by atoms with Crippen molar-refractivity contribution in [3.8, 4) is 0 Å². The summed E-state index contributed by atoms with van der Waals surface area (Å²) in [4.78, 5) is 7.30. The summed E-state index contributed by atoms with van der Waals surface area (Å²) in [5.74, 6) is 3.23. The second kappa shape index (κ2) is 9.37. The molecule has 134 valence electrons. The highest BCUT2D eigenvalue weighted by Gasteiger charge is 2.22. The number of nitrogens with zero attached hydrogens (tertiary/aromatic N) is 2. The van der Waals surface area contributed by atoms with Crippen molar-refractivity contribution >= 4 is 17.7 Å². The number of furan rings is 1. The summed E-state index contributed by atoms with van der Waals surface area (Å²) < 4.78 is 11.1. The lowest BCUT2D eigenvalue weighted by Crippen LogP contribution is -2.48. The van der Waals surface area contributed by atoms with Gasteiger partial charge in [0.15, 0.2) is 5.96 Å². The standard InChI is InChI=1S/C18H29N3O2S/c1-2-17-14-21(9-12-24-17)18(20-13-16-6-4-11-23-16)19-8-7-15-5-3-10-22-15/h3,5,10,16-17H,2,4,6-9,11-14H2,1H3,(H,19,20). The molecule has 2 fully saturated rings. The number of rotatable bonds is 6. The Balaban J connectivity index is 1.57. The van der Waals surface area contributed by atoms with E-state index in [0.29, 0.717) is 11.4 Å². The molecule has 2 atom stereocenters. The number of hydrogen-bond acceptors (Lipinski definition) is 4. The van der Waals surface area contributed by atoms with Crippen LogP contribution in [0.15, 0.2) is 27.8 Å². The Morgan fingerprint density at radius 3 is 3.21 bits per heavy atom. The Bertz CT molecular complexity index is 500. The van der Waals surface area contributed by atoms with Crippen molar-refractivity contribution in [1.82, 2.24) is 10.2 Å². The van der Waals surface area contributed by atoms with E-state index in [2.05, 4.69) is 28.9 Å². The Kier molecular flexibility index (Phi) is 6.90. The molecule has 2 aliphatic heterocycles. The molecule has 0 aromatic carbocycles. The first kappa shape index (κ1) is 17.7. The van der Waals surface area contributed by atoms with Crippen LogP contribution in [-0.4, -0.2) is 60.8 Å². The quantitative estimate of drug-likeness (QED) is 0.631. The van der Waals surface area contributed by atoms with Crippen molar-refractivity contribution in [2.24, 2.45) is 4.99 Å². The molecule has 1 aromatic heterocycles. The maximum Gasteiger partial charge on any atom is 0.194 e. The summed E-state index contributed by atoms with van der Waals surface area (Å²) >= 11 is 2.09. The van der Waals surface area contributed by atoms with Gasteiger partial charge in [0.2, 0.25) is 0 Å². The molecule has 0 aliphatic carbocycles.